The average Bonchev–Trinajstić information content (AvgIpc) is 2.64. The van der Waals surface area contributed by atoms with Crippen LogP contribution in [0.15, 0.2) is 39.9 Å². The van der Waals surface area contributed by atoms with Crippen LogP contribution in [0.1, 0.15) is 43.4 Å². The standard InChI is InChI=1S/C21H25BrN2O4/c1-5-27-19-10-15(9-18(22)21(19)26)11-23-24-20(25)12-28-16-6-7-17(13(2)3)14(4)8-16/h6-11,13,26H,5,12H2,1-4H3,(H,24,25)/b23-11+. The number of nitrogens with one attached hydrogen (secondary N) is 1. The lowest BCUT2D eigenvalue weighted by Gasteiger charge is -2.12. The number of aromatic hydroxyl groups is 1. The van der Waals surface area contributed by atoms with E-state index < -0.39 is 0 Å². The second-order valence-electron chi connectivity index (χ2n) is 6.54. The minimum Gasteiger partial charge on any atom is -0.503 e. The number of ether oxygens (including phenoxy) is 2. The van der Waals surface area contributed by atoms with Gasteiger partial charge in [0.1, 0.15) is 5.75 Å². The van der Waals surface area contributed by atoms with Gasteiger partial charge in [-0.05, 0) is 76.7 Å². The van der Waals surface area contributed by atoms with Gasteiger partial charge in [-0.15, -0.1) is 0 Å². The van der Waals surface area contributed by atoms with E-state index >= 15 is 0 Å². The molecule has 0 fully saturated rings. The molecule has 1 amide bonds. The van der Waals surface area contributed by atoms with Gasteiger partial charge in [0.25, 0.3) is 5.91 Å². The Balaban J connectivity index is 1.91. The van der Waals surface area contributed by atoms with Crippen LogP contribution in [-0.4, -0.2) is 30.4 Å². The quantitative estimate of drug-likeness (QED) is 0.459. The number of hydrogen-bond acceptors (Lipinski definition) is 5. The van der Waals surface area contributed by atoms with Crippen LogP contribution in [0.5, 0.6) is 17.2 Å². The van der Waals surface area contributed by atoms with E-state index in [4.69, 9.17) is 9.47 Å². The molecule has 0 aliphatic carbocycles. The lowest BCUT2D eigenvalue weighted by molar-refractivity contribution is -0.123. The number of nitrogens with zero attached hydrogens (tertiary/aromatic N) is 1. The van der Waals surface area contributed by atoms with Gasteiger partial charge in [-0.1, -0.05) is 19.9 Å². The lowest BCUT2D eigenvalue weighted by atomic mass is 9.98. The number of benzene rings is 2. The Hall–Kier alpha value is -2.54. The maximum absolute atomic E-state index is 11.9. The van der Waals surface area contributed by atoms with Gasteiger partial charge >= 0.3 is 0 Å². The Morgan fingerprint density at radius 2 is 2.04 bits per heavy atom. The smallest absolute Gasteiger partial charge is 0.277 e. The van der Waals surface area contributed by atoms with Crippen molar-refractivity contribution in [2.45, 2.75) is 33.6 Å². The molecule has 0 saturated heterocycles. The number of hydrogen-bond donors (Lipinski definition) is 2. The van der Waals surface area contributed by atoms with E-state index in [1.165, 1.54) is 11.8 Å². The zero-order valence-corrected chi connectivity index (χ0v) is 18.0. The number of phenolic OH excluding ortho intramolecular Hbond substituents is 1. The van der Waals surface area contributed by atoms with Gasteiger partial charge in [0.05, 0.1) is 17.3 Å². The van der Waals surface area contributed by atoms with E-state index in [2.05, 4.69) is 40.3 Å². The van der Waals surface area contributed by atoms with Crippen LogP contribution in [0, 0.1) is 6.92 Å². The van der Waals surface area contributed by atoms with Crippen molar-refractivity contribution in [3.05, 3.63) is 51.5 Å². The minimum absolute atomic E-state index is 0.0233. The van der Waals surface area contributed by atoms with E-state index in [1.54, 1.807) is 12.1 Å². The molecule has 0 bridgehead atoms. The molecule has 0 atom stereocenters. The highest BCUT2D eigenvalue weighted by Gasteiger charge is 2.09. The number of aryl methyl sites for hydroxylation is 1. The fourth-order valence-corrected chi connectivity index (χ4v) is 3.14. The number of phenols is 1. The molecule has 0 radical (unpaired) electrons. The topological polar surface area (TPSA) is 80.2 Å². The van der Waals surface area contributed by atoms with Crippen LogP contribution in [-0.2, 0) is 4.79 Å². The molecule has 2 N–H and O–H groups in total. The summed E-state index contributed by atoms with van der Waals surface area (Å²) in [6.07, 6.45) is 1.46. The largest absolute Gasteiger partial charge is 0.503 e. The molecule has 0 aliphatic rings. The second kappa shape index (κ2) is 10.1. The van der Waals surface area contributed by atoms with Gasteiger partial charge in [-0.3, -0.25) is 4.79 Å². The minimum atomic E-state index is -0.371. The molecule has 6 nitrogen and oxygen atoms in total. The zero-order chi connectivity index (χ0) is 20.7. The van der Waals surface area contributed by atoms with Gasteiger partial charge in [-0.25, -0.2) is 5.43 Å². The maximum atomic E-state index is 11.9. The average molecular weight is 449 g/mol. The molecule has 0 unspecified atom stereocenters. The Morgan fingerprint density at radius 1 is 1.29 bits per heavy atom. The van der Waals surface area contributed by atoms with Gasteiger partial charge in [0, 0.05) is 0 Å². The van der Waals surface area contributed by atoms with Crippen molar-refractivity contribution >= 4 is 28.1 Å². The maximum Gasteiger partial charge on any atom is 0.277 e. The highest BCUT2D eigenvalue weighted by molar-refractivity contribution is 9.10. The third kappa shape index (κ3) is 5.99. The summed E-state index contributed by atoms with van der Waals surface area (Å²) in [7, 11) is 0. The molecule has 0 spiro atoms. The first-order valence-corrected chi connectivity index (χ1v) is 9.81. The van der Waals surface area contributed by atoms with Crippen molar-refractivity contribution in [3.63, 3.8) is 0 Å². The van der Waals surface area contributed by atoms with Gasteiger partial charge in [0.15, 0.2) is 18.1 Å². The highest BCUT2D eigenvalue weighted by atomic mass is 79.9. The Morgan fingerprint density at radius 3 is 2.68 bits per heavy atom. The summed E-state index contributed by atoms with van der Waals surface area (Å²) in [6.45, 7) is 8.41. The van der Waals surface area contributed by atoms with Gasteiger partial charge < -0.3 is 14.6 Å². The first kappa shape index (κ1) is 21.8. The molecule has 0 aromatic heterocycles. The number of halogens is 1. The molecule has 2 aromatic carbocycles. The summed E-state index contributed by atoms with van der Waals surface area (Å²) in [4.78, 5) is 11.9. The molecular weight excluding hydrogens is 424 g/mol. The van der Waals surface area contributed by atoms with Crippen LogP contribution in [0.4, 0.5) is 0 Å². The molecule has 150 valence electrons. The van der Waals surface area contributed by atoms with Gasteiger partial charge in [0.2, 0.25) is 0 Å². The third-order valence-corrected chi connectivity index (χ3v) is 4.59. The first-order valence-electron chi connectivity index (χ1n) is 9.02. The van der Waals surface area contributed by atoms with E-state index in [0.717, 1.165) is 5.56 Å². The van der Waals surface area contributed by atoms with E-state index in [-0.39, 0.29) is 18.3 Å². The van der Waals surface area contributed by atoms with Crippen LogP contribution in [0.3, 0.4) is 0 Å². The molecule has 7 heteroatoms. The van der Waals surface area contributed by atoms with Crippen molar-refractivity contribution in [1.29, 1.82) is 0 Å². The Labute approximate surface area is 173 Å². The summed E-state index contributed by atoms with van der Waals surface area (Å²) >= 11 is 3.26. The van der Waals surface area contributed by atoms with Crippen molar-refractivity contribution in [1.82, 2.24) is 5.43 Å². The number of hydrazone groups is 1. The highest BCUT2D eigenvalue weighted by Crippen LogP contribution is 2.35. The number of carbonyl (C=O) groups excluding carboxylic acids is 1. The van der Waals surface area contributed by atoms with E-state index in [1.807, 2.05) is 32.0 Å². The zero-order valence-electron chi connectivity index (χ0n) is 16.5. The van der Waals surface area contributed by atoms with Crippen molar-refractivity contribution in [3.8, 4) is 17.2 Å². The lowest BCUT2D eigenvalue weighted by Crippen LogP contribution is -2.24. The molecule has 2 aromatic rings. The third-order valence-electron chi connectivity index (χ3n) is 3.99. The first-order chi connectivity index (χ1) is 13.3. The monoisotopic (exact) mass is 448 g/mol. The van der Waals surface area contributed by atoms with Crippen LogP contribution >= 0.6 is 15.9 Å². The SMILES string of the molecule is CCOc1cc(/C=N/NC(=O)COc2ccc(C(C)C)c(C)c2)cc(Br)c1O. The molecule has 2 rings (SSSR count). The van der Waals surface area contributed by atoms with Crippen LogP contribution < -0.4 is 14.9 Å². The summed E-state index contributed by atoms with van der Waals surface area (Å²) in [5, 5.41) is 13.8. The number of carbonyl (C=O) groups is 1. The fourth-order valence-electron chi connectivity index (χ4n) is 2.68. The normalized spacial score (nSPS) is 11.1. The predicted molar refractivity (Wildman–Crippen MR) is 113 cm³/mol. The molecule has 0 aliphatic heterocycles. The molecule has 28 heavy (non-hydrogen) atoms. The Kier molecular flexibility index (Phi) is 7.87. The molecule has 0 saturated carbocycles. The van der Waals surface area contributed by atoms with E-state index in [0.29, 0.717) is 34.1 Å². The summed E-state index contributed by atoms with van der Waals surface area (Å²) in [5.41, 5.74) is 5.47. The molecular formula is C21H25BrN2O4. The fraction of sp³-hybridized carbons (Fsp3) is 0.333. The number of rotatable bonds is 8. The second-order valence-corrected chi connectivity index (χ2v) is 7.39. The van der Waals surface area contributed by atoms with Crippen molar-refractivity contribution in [2.24, 2.45) is 5.10 Å². The van der Waals surface area contributed by atoms with E-state index in [9.17, 15) is 9.90 Å². The van der Waals surface area contributed by atoms with Gasteiger partial charge in [-0.2, -0.15) is 5.10 Å². The molecule has 0 heterocycles. The summed E-state index contributed by atoms with van der Waals surface area (Å²) in [5.74, 6) is 1.08. The summed E-state index contributed by atoms with van der Waals surface area (Å²) < 4.78 is 11.4. The predicted octanol–water partition coefficient (Wildman–Crippen LogP) is 4.51. The van der Waals surface area contributed by atoms with Crippen molar-refractivity contribution in [2.75, 3.05) is 13.2 Å². The van der Waals surface area contributed by atoms with Crippen LogP contribution in [0.2, 0.25) is 0 Å². The Bertz CT molecular complexity index is 866. The van der Waals surface area contributed by atoms with Crippen molar-refractivity contribution < 1.29 is 19.4 Å². The summed E-state index contributed by atoms with van der Waals surface area (Å²) in [6, 6.07) is 9.11. The van der Waals surface area contributed by atoms with Crippen LogP contribution in [0.25, 0.3) is 0 Å². The number of amides is 1.